The SMILES string of the molecule is CCCCc1ccc2nc3c4cc(Cl)c5c6c(Cl)cc7c(=O)n8c9cc(CCCC)ccc9nc8c8cc(Cl)c(c9c(Cl)cc(c(=O)n3c2c1)c4c95)c6c78. The van der Waals surface area contributed by atoms with E-state index in [9.17, 15) is 9.59 Å². The molecule has 0 saturated heterocycles. The molecule has 0 saturated carbocycles. The maximum atomic E-state index is 14.6. The summed E-state index contributed by atoms with van der Waals surface area (Å²) in [6.45, 7) is 4.33. The van der Waals surface area contributed by atoms with E-state index < -0.39 is 0 Å². The Labute approximate surface area is 326 Å². The molecule has 0 amide bonds. The van der Waals surface area contributed by atoms with Gasteiger partial charge in [-0.15, -0.1) is 0 Å². The number of aromatic nitrogens is 4. The van der Waals surface area contributed by atoms with Crippen LogP contribution >= 0.6 is 46.4 Å². The molecule has 0 aliphatic heterocycles. The van der Waals surface area contributed by atoms with Crippen LogP contribution in [0.4, 0.5) is 0 Å². The summed E-state index contributed by atoms with van der Waals surface area (Å²) in [4.78, 5) is 39.2. The zero-order valence-corrected chi connectivity index (χ0v) is 32.2. The third-order valence-corrected chi connectivity index (χ3v) is 12.7. The van der Waals surface area contributed by atoms with Gasteiger partial charge >= 0.3 is 0 Å². The number of nitrogens with zero attached hydrogens (tertiary/aromatic N) is 4. The number of rotatable bonds is 6. The molecule has 0 aliphatic rings. The van der Waals surface area contributed by atoms with Gasteiger partial charge in [-0.1, -0.05) is 85.2 Å². The Morgan fingerprint density at radius 2 is 0.852 bits per heavy atom. The second-order valence-corrected chi connectivity index (χ2v) is 16.3. The molecule has 264 valence electrons. The van der Waals surface area contributed by atoms with Crippen LogP contribution in [-0.4, -0.2) is 18.8 Å². The van der Waals surface area contributed by atoms with Crippen LogP contribution < -0.4 is 11.1 Å². The van der Waals surface area contributed by atoms with Gasteiger partial charge in [0, 0.05) is 74.0 Å². The van der Waals surface area contributed by atoms with Crippen LogP contribution in [0.25, 0.3) is 98.0 Å². The molecule has 0 N–H and O–H groups in total. The number of unbranched alkanes of at least 4 members (excludes halogenated alkanes) is 2. The summed E-state index contributed by atoms with van der Waals surface area (Å²) >= 11 is 29.3. The van der Waals surface area contributed by atoms with Gasteiger partial charge in [0.25, 0.3) is 11.1 Å². The van der Waals surface area contributed by atoms with Gasteiger partial charge in [0.1, 0.15) is 11.3 Å². The topological polar surface area (TPSA) is 68.7 Å². The van der Waals surface area contributed by atoms with Crippen molar-refractivity contribution in [3.05, 3.63) is 113 Å². The second kappa shape index (κ2) is 11.4. The van der Waals surface area contributed by atoms with Crippen LogP contribution in [0.5, 0.6) is 0 Å². The molecule has 0 fully saturated rings. The molecular weight excluding hydrogens is 758 g/mol. The fourth-order valence-corrected chi connectivity index (χ4v) is 10.3. The van der Waals surface area contributed by atoms with Crippen LogP contribution in [0, 0.1) is 0 Å². The maximum absolute atomic E-state index is 14.6. The molecular formula is C44H28Cl4N4O2. The molecule has 4 heterocycles. The first-order chi connectivity index (χ1) is 26.2. The van der Waals surface area contributed by atoms with E-state index in [-0.39, 0.29) is 11.1 Å². The van der Waals surface area contributed by atoms with Crippen LogP contribution in [0.1, 0.15) is 50.7 Å². The van der Waals surface area contributed by atoms with Crippen molar-refractivity contribution in [2.75, 3.05) is 0 Å². The van der Waals surface area contributed by atoms with Crippen molar-refractivity contribution in [1.82, 2.24) is 18.8 Å². The van der Waals surface area contributed by atoms with Crippen molar-refractivity contribution in [3.63, 3.8) is 0 Å². The first-order valence-corrected chi connectivity index (χ1v) is 19.8. The first-order valence-electron chi connectivity index (χ1n) is 18.3. The lowest BCUT2D eigenvalue weighted by molar-refractivity contribution is 0.795. The van der Waals surface area contributed by atoms with Crippen LogP contribution in [0.2, 0.25) is 20.1 Å². The van der Waals surface area contributed by atoms with Crippen molar-refractivity contribution in [1.29, 1.82) is 0 Å². The summed E-state index contributed by atoms with van der Waals surface area (Å²) in [5.41, 5.74) is 5.85. The Hall–Kier alpha value is -4.72. The third kappa shape index (κ3) is 4.09. The molecule has 11 aromatic rings. The van der Waals surface area contributed by atoms with Crippen molar-refractivity contribution in [2.45, 2.75) is 52.4 Å². The highest BCUT2D eigenvalue weighted by Crippen LogP contribution is 2.53. The van der Waals surface area contributed by atoms with Crippen LogP contribution in [0.15, 0.2) is 70.3 Å². The summed E-state index contributed by atoms with van der Waals surface area (Å²) in [7, 11) is 0. The zero-order chi connectivity index (χ0) is 36.9. The summed E-state index contributed by atoms with van der Waals surface area (Å²) < 4.78 is 3.37. The predicted molar refractivity (Wildman–Crippen MR) is 227 cm³/mol. The quantitative estimate of drug-likeness (QED) is 0.124. The lowest BCUT2D eigenvalue weighted by Crippen LogP contribution is -2.14. The Bertz CT molecular complexity index is 3320. The Kier molecular flexibility index (Phi) is 6.90. The maximum Gasteiger partial charge on any atom is 0.264 e. The molecule has 0 radical (unpaired) electrons. The van der Waals surface area contributed by atoms with E-state index >= 15 is 0 Å². The summed E-state index contributed by atoms with van der Waals surface area (Å²) in [5, 5.41) is 9.16. The van der Waals surface area contributed by atoms with E-state index in [1.807, 2.05) is 24.3 Å². The minimum Gasteiger partial charge on any atom is -0.268 e. The summed E-state index contributed by atoms with van der Waals surface area (Å²) in [6.07, 6.45) is 6.08. The molecule has 0 bridgehead atoms. The second-order valence-electron chi connectivity index (χ2n) is 14.6. The highest BCUT2D eigenvalue weighted by Gasteiger charge is 2.29. The Balaban J connectivity index is 1.33. The molecule has 6 nitrogen and oxygen atoms in total. The molecule has 4 aromatic heterocycles. The minimum atomic E-state index is -0.218. The fraction of sp³-hybridized carbons (Fsp3) is 0.182. The van der Waals surface area contributed by atoms with Gasteiger partial charge in [-0.3, -0.25) is 18.4 Å². The van der Waals surface area contributed by atoms with E-state index in [1.54, 1.807) is 20.9 Å². The monoisotopic (exact) mass is 784 g/mol. The molecule has 0 atom stereocenters. The summed E-state index contributed by atoms with van der Waals surface area (Å²) in [5.74, 6) is 0. The molecule has 7 aromatic carbocycles. The first kappa shape index (κ1) is 32.7. The van der Waals surface area contributed by atoms with E-state index in [0.717, 1.165) is 82.5 Å². The largest absolute Gasteiger partial charge is 0.268 e. The van der Waals surface area contributed by atoms with E-state index in [1.165, 1.54) is 0 Å². The predicted octanol–water partition coefficient (Wildman–Crippen LogP) is 12.5. The van der Waals surface area contributed by atoms with Gasteiger partial charge in [-0.05, 0) is 85.3 Å². The Morgan fingerprint density at radius 1 is 0.481 bits per heavy atom. The zero-order valence-electron chi connectivity index (χ0n) is 29.1. The normalized spacial score (nSPS) is 12.9. The number of hydrogen-bond acceptors (Lipinski definition) is 4. The third-order valence-electron chi connectivity index (χ3n) is 11.5. The van der Waals surface area contributed by atoms with E-state index in [0.29, 0.717) is 85.2 Å². The molecule has 0 spiro atoms. The molecule has 0 unspecified atom stereocenters. The molecule has 54 heavy (non-hydrogen) atoms. The van der Waals surface area contributed by atoms with E-state index in [2.05, 4.69) is 38.1 Å². The molecule has 0 aliphatic carbocycles. The van der Waals surface area contributed by atoms with Gasteiger partial charge in [-0.2, -0.15) is 0 Å². The number of imidazole rings is 2. The fourth-order valence-electron chi connectivity index (χ4n) is 9.14. The van der Waals surface area contributed by atoms with Crippen molar-refractivity contribution < 1.29 is 0 Å². The highest BCUT2D eigenvalue weighted by atomic mass is 35.5. The number of halogens is 4. The van der Waals surface area contributed by atoms with Crippen LogP contribution in [0.3, 0.4) is 0 Å². The van der Waals surface area contributed by atoms with Crippen molar-refractivity contribution in [3.8, 4) is 0 Å². The standard InChI is InChI=1S/C44H28Cl4N4O2/c1-3-5-7-19-9-11-29-31(13-19)51-41(49-29)21-15-25(45)35-38-28(48)18-24-34-22(42-50-30-12-10-20(8-6-4-2)14-32(30)52(42)44(24)54)16-26(46)36(40(34)38)37-27(47)17-23(43(51)53)33(21)39(35)37/h9-18H,3-8H2,1-2H3. The van der Waals surface area contributed by atoms with Crippen molar-refractivity contribution in [2.24, 2.45) is 0 Å². The number of fused-ring (bicyclic) bond motifs is 10. The summed E-state index contributed by atoms with van der Waals surface area (Å²) in [6, 6.07) is 19.5. The number of hydrogen-bond donors (Lipinski definition) is 0. The average molecular weight is 787 g/mol. The van der Waals surface area contributed by atoms with Crippen molar-refractivity contribution >= 4 is 144 Å². The number of aryl methyl sites for hydroxylation is 2. The molecule has 10 heteroatoms. The highest BCUT2D eigenvalue weighted by molar-refractivity contribution is 6.56. The average Bonchev–Trinajstić information content (AvgIpc) is 3.74. The number of pyridine rings is 2. The lowest BCUT2D eigenvalue weighted by Gasteiger charge is -2.21. The van der Waals surface area contributed by atoms with Gasteiger partial charge < -0.3 is 0 Å². The van der Waals surface area contributed by atoms with Gasteiger partial charge in [0.2, 0.25) is 0 Å². The van der Waals surface area contributed by atoms with Gasteiger partial charge in [-0.25, -0.2) is 9.97 Å². The van der Waals surface area contributed by atoms with Gasteiger partial charge in [0.05, 0.1) is 32.8 Å². The Morgan fingerprint density at radius 3 is 1.22 bits per heavy atom. The van der Waals surface area contributed by atoms with Gasteiger partial charge in [0.15, 0.2) is 0 Å². The molecule has 11 rings (SSSR count). The smallest absolute Gasteiger partial charge is 0.264 e. The lowest BCUT2D eigenvalue weighted by atomic mass is 9.86. The van der Waals surface area contributed by atoms with E-state index in [4.69, 9.17) is 56.4 Å². The minimum absolute atomic E-state index is 0.218. The van der Waals surface area contributed by atoms with Crippen LogP contribution in [-0.2, 0) is 12.8 Å². The number of benzene rings is 7.